The molecule has 222 valence electrons. The summed E-state index contributed by atoms with van der Waals surface area (Å²) in [5, 5.41) is 41.8. The number of benzene rings is 2. The summed E-state index contributed by atoms with van der Waals surface area (Å²) in [5.74, 6) is -0.595. The summed E-state index contributed by atoms with van der Waals surface area (Å²) in [6.07, 6.45) is 5.96. The van der Waals surface area contributed by atoms with Crippen molar-refractivity contribution in [3.05, 3.63) is 82.8 Å². The number of ether oxygens (including phenoxy) is 1. The van der Waals surface area contributed by atoms with E-state index in [0.29, 0.717) is 36.6 Å². The summed E-state index contributed by atoms with van der Waals surface area (Å²) in [4.78, 5) is 17.7. The Morgan fingerprint density at radius 1 is 1.19 bits per heavy atom. The molecule has 0 aliphatic carbocycles. The van der Waals surface area contributed by atoms with Crippen LogP contribution in [-0.4, -0.2) is 52.5 Å². The fraction of sp³-hybridized carbons (Fsp3) is 0.312. The van der Waals surface area contributed by atoms with Gasteiger partial charge < -0.3 is 20.1 Å². The van der Waals surface area contributed by atoms with Crippen molar-refractivity contribution >= 4 is 17.8 Å². The van der Waals surface area contributed by atoms with Gasteiger partial charge in [-0.15, -0.1) is 0 Å². The molecule has 1 fully saturated rings. The summed E-state index contributed by atoms with van der Waals surface area (Å²) in [5.41, 5.74) is 3.18. The average Bonchev–Trinajstić information content (AvgIpc) is 3.01. The predicted molar refractivity (Wildman–Crippen MR) is 158 cm³/mol. The van der Waals surface area contributed by atoms with E-state index in [9.17, 15) is 19.6 Å². The molecule has 0 atom stereocenters. The Morgan fingerprint density at radius 3 is 2.51 bits per heavy atom. The Balaban J connectivity index is 1.48. The molecule has 1 saturated heterocycles. The van der Waals surface area contributed by atoms with Gasteiger partial charge in [-0.2, -0.15) is 10.5 Å². The highest BCUT2D eigenvalue weighted by molar-refractivity contribution is 5.90. The highest BCUT2D eigenvalue weighted by Gasteiger charge is 2.27. The van der Waals surface area contributed by atoms with E-state index >= 15 is 0 Å². The Kier molecular flexibility index (Phi) is 10.1. The van der Waals surface area contributed by atoms with Crippen LogP contribution in [0.4, 0.5) is 10.2 Å². The van der Waals surface area contributed by atoms with E-state index in [4.69, 9.17) is 15.2 Å². The monoisotopic (exact) mass is 584 g/mol. The highest BCUT2D eigenvalue weighted by atomic mass is 19.1. The van der Waals surface area contributed by atoms with E-state index < -0.39 is 17.3 Å². The number of anilines is 1. The molecule has 0 saturated carbocycles. The minimum absolute atomic E-state index is 0.0674. The molecule has 0 unspecified atom stereocenters. The van der Waals surface area contributed by atoms with Crippen LogP contribution < -0.4 is 20.4 Å². The number of rotatable bonds is 10. The van der Waals surface area contributed by atoms with Gasteiger partial charge in [0, 0.05) is 37.3 Å². The second-order valence-electron chi connectivity index (χ2n) is 10.9. The number of hydrogen-bond acceptors (Lipinski definition) is 9. The van der Waals surface area contributed by atoms with Crippen molar-refractivity contribution < 1.29 is 24.2 Å². The second-order valence-corrected chi connectivity index (χ2v) is 10.9. The Morgan fingerprint density at radius 2 is 1.91 bits per heavy atom. The Bertz CT molecular complexity index is 1560. The van der Waals surface area contributed by atoms with E-state index in [-0.39, 0.29) is 29.5 Å². The van der Waals surface area contributed by atoms with E-state index in [1.54, 1.807) is 31.5 Å². The summed E-state index contributed by atoms with van der Waals surface area (Å²) in [6, 6.07) is 16.2. The lowest BCUT2D eigenvalue weighted by atomic mass is 9.97. The van der Waals surface area contributed by atoms with Gasteiger partial charge in [0.2, 0.25) is 0 Å². The van der Waals surface area contributed by atoms with Gasteiger partial charge in [0.15, 0.2) is 0 Å². The first-order valence-electron chi connectivity index (χ1n) is 13.8. The van der Waals surface area contributed by atoms with Crippen molar-refractivity contribution in [3.63, 3.8) is 0 Å². The maximum Gasteiger partial charge on any atom is 0.267 e. The van der Waals surface area contributed by atoms with Crippen molar-refractivity contribution in [1.29, 1.82) is 10.5 Å². The number of carbonyl (C=O) groups excluding carboxylic acids is 1. The molecular formula is C32H33FN6O4. The molecule has 1 amide bonds. The molecule has 4 rings (SSSR count). The fourth-order valence-electron chi connectivity index (χ4n) is 4.75. The van der Waals surface area contributed by atoms with Gasteiger partial charge in [0.1, 0.15) is 41.7 Å². The topological polar surface area (TPSA) is 155 Å². The summed E-state index contributed by atoms with van der Waals surface area (Å²) < 4.78 is 20.5. The molecule has 0 bridgehead atoms. The third kappa shape index (κ3) is 8.15. The second kappa shape index (κ2) is 13.9. The molecule has 2 aromatic carbocycles. The SMILES string of the molecule is CC(C)(O)COc1cnc(N2CCC(NCc3ccc(/C=C/C(=O)NO)cc3)CC2)c(C#N)c1-c1ccc(C#N)c(F)c1. The summed E-state index contributed by atoms with van der Waals surface area (Å²) in [7, 11) is 0. The van der Waals surface area contributed by atoms with Gasteiger partial charge in [-0.25, -0.2) is 14.9 Å². The largest absolute Gasteiger partial charge is 0.488 e. The number of hydrogen-bond donors (Lipinski definition) is 4. The average molecular weight is 585 g/mol. The molecule has 1 aliphatic heterocycles. The van der Waals surface area contributed by atoms with Crippen LogP contribution in [0.2, 0.25) is 0 Å². The first kappa shape index (κ1) is 31.1. The molecule has 0 radical (unpaired) electrons. The molecule has 2 heterocycles. The number of halogens is 1. The number of nitrogens with one attached hydrogen (secondary N) is 2. The lowest BCUT2D eigenvalue weighted by Gasteiger charge is -2.34. The van der Waals surface area contributed by atoms with E-state index in [0.717, 1.165) is 24.0 Å². The van der Waals surface area contributed by atoms with Crippen LogP contribution in [0.1, 0.15) is 48.9 Å². The van der Waals surface area contributed by atoms with E-state index in [1.165, 1.54) is 24.4 Å². The van der Waals surface area contributed by atoms with Gasteiger partial charge in [-0.3, -0.25) is 10.0 Å². The van der Waals surface area contributed by atoms with Gasteiger partial charge in [0.05, 0.1) is 17.4 Å². The standard InChI is InChI=1S/C32H33FN6O4/c1-32(2,41)20-43-28-19-37-31(26(17-35)30(28)23-8-9-24(16-34)27(33)15-23)39-13-11-25(12-14-39)36-18-22-5-3-21(4-6-22)7-10-29(40)38-42/h3-10,15,19,25,36,41-42H,11-14,18,20H2,1-2H3,(H,38,40)/b10-7+. The summed E-state index contributed by atoms with van der Waals surface area (Å²) in [6.45, 7) is 5.06. The molecule has 43 heavy (non-hydrogen) atoms. The zero-order chi connectivity index (χ0) is 31.0. The molecule has 11 heteroatoms. The molecule has 1 aliphatic rings. The van der Waals surface area contributed by atoms with Crippen molar-refractivity contribution in [2.75, 3.05) is 24.6 Å². The number of carbonyl (C=O) groups is 1. The molecule has 4 N–H and O–H groups in total. The van der Waals surface area contributed by atoms with Gasteiger partial charge in [-0.05, 0) is 61.6 Å². The van der Waals surface area contributed by atoms with Gasteiger partial charge >= 0.3 is 0 Å². The zero-order valence-corrected chi connectivity index (χ0v) is 24.0. The minimum Gasteiger partial charge on any atom is -0.488 e. The van der Waals surface area contributed by atoms with Gasteiger partial charge in [0.25, 0.3) is 5.91 Å². The van der Waals surface area contributed by atoms with Crippen LogP contribution in [0.15, 0.2) is 54.7 Å². The fourth-order valence-corrected chi connectivity index (χ4v) is 4.75. The van der Waals surface area contributed by atoms with Crippen LogP contribution in [0.5, 0.6) is 5.75 Å². The number of hydroxylamine groups is 1. The molecule has 1 aromatic heterocycles. The van der Waals surface area contributed by atoms with Crippen molar-refractivity contribution in [3.8, 4) is 29.0 Å². The first-order valence-corrected chi connectivity index (χ1v) is 13.8. The van der Waals surface area contributed by atoms with Crippen molar-refractivity contribution in [2.45, 2.75) is 44.9 Å². The maximum atomic E-state index is 14.6. The Hall–Kier alpha value is -4.81. The normalized spacial score (nSPS) is 13.9. The third-order valence-corrected chi connectivity index (χ3v) is 7.00. The molecule has 10 nitrogen and oxygen atoms in total. The van der Waals surface area contributed by atoms with Crippen LogP contribution >= 0.6 is 0 Å². The maximum absolute atomic E-state index is 14.6. The van der Waals surface area contributed by atoms with Gasteiger partial charge in [-0.1, -0.05) is 30.3 Å². The van der Waals surface area contributed by atoms with E-state index in [2.05, 4.69) is 16.4 Å². The number of nitriles is 2. The Labute approximate surface area is 249 Å². The highest BCUT2D eigenvalue weighted by Crippen LogP contribution is 2.38. The first-order chi connectivity index (χ1) is 20.6. The van der Waals surface area contributed by atoms with E-state index in [1.807, 2.05) is 35.2 Å². The molecule has 3 aromatic rings. The zero-order valence-electron chi connectivity index (χ0n) is 24.0. The smallest absolute Gasteiger partial charge is 0.267 e. The van der Waals surface area contributed by atoms with Crippen molar-refractivity contribution in [1.82, 2.24) is 15.8 Å². The lowest BCUT2D eigenvalue weighted by Crippen LogP contribution is -2.42. The minimum atomic E-state index is -1.15. The molecule has 0 spiro atoms. The third-order valence-electron chi connectivity index (χ3n) is 7.00. The van der Waals surface area contributed by atoms with Crippen LogP contribution in [0.25, 0.3) is 17.2 Å². The van der Waals surface area contributed by atoms with Crippen molar-refractivity contribution in [2.24, 2.45) is 0 Å². The predicted octanol–water partition coefficient (Wildman–Crippen LogP) is 4.06. The number of amides is 1. The number of nitrogens with zero attached hydrogens (tertiary/aromatic N) is 4. The quantitative estimate of drug-likeness (QED) is 0.157. The molecular weight excluding hydrogens is 551 g/mol. The van der Waals surface area contributed by atoms with Crippen LogP contribution in [0.3, 0.4) is 0 Å². The number of aromatic nitrogens is 1. The number of piperidine rings is 1. The van der Waals surface area contributed by atoms with Crippen LogP contribution in [0, 0.1) is 28.5 Å². The van der Waals surface area contributed by atoms with Crippen LogP contribution in [-0.2, 0) is 11.3 Å². The summed E-state index contributed by atoms with van der Waals surface area (Å²) >= 11 is 0. The number of aliphatic hydroxyl groups is 1. The number of pyridine rings is 1. The lowest BCUT2D eigenvalue weighted by molar-refractivity contribution is -0.124.